The van der Waals surface area contributed by atoms with Gasteiger partial charge in [0.25, 0.3) is 0 Å². The molecule has 0 aromatic rings. The summed E-state index contributed by atoms with van der Waals surface area (Å²) in [4.78, 5) is 21.4. The van der Waals surface area contributed by atoms with Crippen LogP contribution in [0.25, 0.3) is 0 Å². The lowest BCUT2D eigenvalue weighted by atomic mass is 10.1. The molecule has 0 aliphatic rings. The number of nitrogens with one attached hydrogen (secondary N) is 1. The first-order valence-corrected chi connectivity index (χ1v) is 4.42. The van der Waals surface area contributed by atoms with Crippen LogP contribution in [0.15, 0.2) is 0 Å². The lowest BCUT2D eigenvalue weighted by molar-refractivity contribution is -0.141. The van der Waals surface area contributed by atoms with Gasteiger partial charge in [0.1, 0.15) is 6.61 Å². The molecule has 0 radical (unpaired) electrons. The number of ether oxygens (including phenoxy) is 1. The minimum atomic E-state index is -0.321. The highest BCUT2D eigenvalue weighted by molar-refractivity contribution is 5.76. The van der Waals surface area contributed by atoms with Gasteiger partial charge in [-0.3, -0.25) is 9.59 Å². The summed E-state index contributed by atoms with van der Waals surface area (Å²) in [6, 6.07) is 0. The number of hydrogen-bond acceptors (Lipinski definition) is 3. The molecule has 0 aromatic carbocycles. The number of hydrogen-bond donors (Lipinski definition) is 1. The van der Waals surface area contributed by atoms with Gasteiger partial charge in [-0.15, -0.1) is 0 Å². The Labute approximate surface area is 78.6 Å². The van der Waals surface area contributed by atoms with Gasteiger partial charge in [0, 0.05) is 13.3 Å². The summed E-state index contributed by atoms with van der Waals surface area (Å²) in [7, 11) is 0. The van der Waals surface area contributed by atoms with Crippen molar-refractivity contribution in [3.63, 3.8) is 0 Å². The number of carbonyl (C=O) groups excluding carboxylic acids is 2. The van der Waals surface area contributed by atoms with Gasteiger partial charge < -0.3 is 10.1 Å². The minimum absolute atomic E-state index is 0.00199. The molecule has 1 amide bonds. The highest BCUT2D eigenvalue weighted by Gasteiger charge is 2.03. The van der Waals surface area contributed by atoms with Gasteiger partial charge in [0.2, 0.25) is 5.91 Å². The van der Waals surface area contributed by atoms with E-state index in [0.717, 1.165) is 0 Å². The summed E-state index contributed by atoms with van der Waals surface area (Å²) < 4.78 is 4.64. The molecular weight excluding hydrogens is 170 g/mol. The maximum absolute atomic E-state index is 11.0. The summed E-state index contributed by atoms with van der Waals surface area (Å²) in [5, 5.41) is 2.65. The van der Waals surface area contributed by atoms with Crippen LogP contribution in [0.5, 0.6) is 0 Å². The van der Waals surface area contributed by atoms with Crippen LogP contribution < -0.4 is 5.32 Å². The largest absolute Gasteiger partial charge is 0.464 e. The predicted molar refractivity (Wildman–Crippen MR) is 49.1 cm³/mol. The van der Waals surface area contributed by atoms with Crippen molar-refractivity contribution in [3.05, 3.63) is 0 Å². The van der Waals surface area contributed by atoms with Crippen LogP contribution >= 0.6 is 0 Å². The number of amides is 1. The van der Waals surface area contributed by atoms with Gasteiger partial charge in [0.05, 0.1) is 6.54 Å². The summed E-state index contributed by atoms with van der Waals surface area (Å²) in [5.41, 5.74) is 0. The molecule has 4 heteroatoms. The average molecular weight is 187 g/mol. The van der Waals surface area contributed by atoms with Crippen molar-refractivity contribution in [2.24, 2.45) is 5.92 Å². The second-order valence-electron chi connectivity index (χ2n) is 3.29. The van der Waals surface area contributed by atoms with E-state index < -0.39 is 0 Å². The maximum Gasteiger partial charge on any atom is 0.302 e. The average Bonchev–Trinajstić information content (AvgIpc) is 1.96. The smallest absolute Gasteiger partial charge is 0.302 e. The Morgan fingerprint density at radius 3 is 2.46 bits per heavy atom. The van der Waals surface area contributed by atoms with Crippen molar-refractivity contribution in [2.75, 3.05) is 13.2 Å². The quantitative estimate of drug-likeness (QED) is 0.509. The first-order valence-electron chi connectivity index (χ1n) is 4.42. The van der Waals surface area contributed by atoms with Crippen LogP contribution in [0.1, 0.15) is 27.2 Å². The molecule has 0 bridgehead atoms. The Kier molecular flexibility index (Phi) is 5.93. The standard InChI is InChI=1S/C9H17NO3/c1-7(2)6-9(12)10-4-5-13-8(3)11/h7H,4-6H2,1-3H3,(H,10,12). The lowest BCUT2D eigenvalue weighted by Gasteiger charge is -2.06. The van der Waals surface area contributed by atoms with E-state index in [1.54, 1.807) is 0 Å². The second-order valence-corrected chi connectivity index (χ2v) is 3.29. The van der Waals surface area contributed by atoms with Crippen LogP contribution in [-0.4, -0.2) is 25.0 Å². The molecule has 0 heterocycles. The van der Waals surface area contributed by atoms with Gasteiger partial charge in [-0.1, -0.05) is 13.8 Å². The molecule has 0 aromatic heterocycles. The summed E-state index contributed by atoms with van der Waals surface area (Å²) in [6.45, 7) is 5.94. The van der Waals surface area contributed by atoms with E-state index in [1.807, 2.05) is 13.8 Å². The molecule has 13 heavy (non-hydrogen) atoms. The molecule has 4 nitrogen and oxygen atoms in total. The molecular formula is C9H17NO3. The fourth-order valence-corrected chi connectivity index (χ4v) is 0.828. The molecule has 0 spiro atoms. The molecule has 0 aliphatic carbocycles. The molecule has 0 aliphatic heterocycles. The fourth-order valence-electron chi connectivity index (χ4n) is 0.828. The van der Waals surface area contributed by atoms with Gasteiger partial charge in [-0.25, -0.2) is 0 Å². The monoisotopic (exact) mass is 187 g/mol. The molecule has 0 unspecified atom stereocenters. The zero-order chi connectivity index (χ0) is 10.3. The predicted octanol–water partition coefficient (Wildman–Crippen LogP) is 0.712. The van der Waals surface area contributed by atoms with Crippen LogP contribution in [0.4, 0.5) is 0 Å². The van der Waals surface area contributed by atoms with Crippen molar-refractivity contribution in [1.82, 2.24) is 5.32 Å². The first kappa shape index (κ1) is 11.9. The van der Waals surface area contributed by atoms with E-state index in [0.29, 0.717) is 18.9 Å². The zero-order valence-electron chi connectivity index (χ0n) is 8.42. The third-order valence-electron chi connectivity index (χ3n) is 1.32. The maximum atomic E-state index is 11.0. The zero-order valence-corrected chi connectivity index (χ0v) is 8.42. The number of carbonyl (C=O) groups is 2. The summed E-state index contributed by atoms with van der Waals surface area (Å²) in [5.74, 6) is 0.0361. The van der Waals surface area contributed by atoms with Gasteiger partial charge in [-0.05, 0) is 5.92 Å². The van der Waals surface area contributed by atoms with Gasteiger partial charge in [-0.2, -0.15) is 0 Å². The van der Waals surface area contributed by atoms with E-state index >= 15 is 0 Å². The van der Waals surface area contributed by atoms with Crippen molar-refractivity contribution >= 4 is 11.9 Å². The van der Waals surface area contributed by atoms with E-state index in [2.05, 4.69) is 10.1 Å². The fraction of sp³-hybridized carbons (Fsp3) is 0.778. The first-order chi connectivity index (χ1) is 6.02. The van der Waals surface area contributed by atoms with Crippen molar-refractivity contribution in [3.8, 4) is 0 Å². The lowest BCUT2D eigenvalue weighted by Crippen LogP contribution is -2.28. The Morgan fingerprint density at radius 1 is 1.38 bits per heavy atom. The molecule has 76 valence electrons. The Hall–Kier alpha value is -1.06. The van der Waals surface area contributed by atoms with Crippen LogP contribution in [-0.2, 0) is 14.3 Å². The number of rotatable bonds is 5. The van der Waals surface area contributed by atoms with Crippen LogP contribution in [0, 0.1) is 5.92 Å². The highest BCUT2D eigenvalue weighted by atomic mass is 16.5. The van der Waals surface area contributed by atoms with E-state index in [9.17, 15) is 9.59 Å². The topological polar surface area (TPSA) is 55.4 Å². The highest BCUT2D eigenvalue weighted by Crippen LogP contribution is 1.97. The molecule has 0 atom stereocenters. The third-order valence-corrected chi connectivity index (χ3v) is 1.32. The van der Waals surface area contributed by atoms with Crippen LogP contribution in [0.2, 0.25) is 0 Å². The normalized spacial score (nSPS) is 9.85. The molecule has 0 rings (SSSR count). The minimum Gasteiger partial charge on any atom is -0.464 e. The van der Waals surface area contributed by atoms with E-state index in [-0.39, 0.29) is 18.5 Å². The molecule has 0 fully saturated rings. The summed E-state index contributed by atoms with van der Waals surface area (Å²) in [6.07, 6.45) is 0.514. The number of esters is 1. The third kappa shape index (κ3) is 8.85. The van der Waals surface area contributed by atoms with Gasteiger partial charge in [0.15, 0.2) is 0 Å². The Morgan fingerprint density at radius 2 is 2.00 bits per heavy atom. The van der Waals surface area contributed by atoms with E-state index in [1.165, 1.54) is 6.92 Å². The van der Waals surface area contributed by atoms with Crippen molar-refractivity contribution < 1.29 is 14.3 Å². The Balaban J connectivity index is 3.32. The van der Waals surface area contributed by atoms with E-state index in [4.69, 9.17) is 0 Å². The molecule has 0 saturated heterocycles. The summed E-state index contributed by atoms with van der Waals surface area (Å²) >= 11 is 0. The van der Waals surface area contributed by atoms with Crippen molar-refractivity contribution in [2.45, 2.75) is 27.2 Å². The molecule has 1 N–H and O–H groups in total. The Bertz CT molecular complexity index is 178. The van der Waals surface area contributed by atoms with Crippen LogP contribution in [0.3, 0.4) is 0 Å². The molecule has 0 saturated carbocycles. The van der Waals surface area contributed by atoms with Gasteiger partial charge >= 0.3 is 5.97 Å². The SMILES string of the molecule is CC(=O)OCCNC(=O)CC(C)C. The second kappa shape index (κ2) is 6.46. The van der Waals surface area contributed by atoms with Crippen molar-refractivity contribution in [1.29, 1.82) is 0 Å².